The molecular formula is C20H22N2O4S. The average Bonchev–Trinajstić information content (AvgIpc) is 2.64. The van der Waals surface area contributed by atoms with E-state index in [2.05, 4.69) is 10.6 Å². The molecule has 2 amide bonds. The van der Waals surface area contributed by atoms with Crippen molar-refractivity contribution in [2.24, 2.45) is 0 Å². The van der Waals surface area contributed by atoms with Gasteiger partial charge < -0.3 is 15.4 Å². The van der Waals surface area contributed by atoms with Crippen LogP contribution in [-0.4, -0.2) is 35.9 Å². The Balaban J connectivity index is 1.63. The molecule has 2 N–H and O–H groups in total. The number of carbonyl (C=O) groups excluding carboxylic acids is 3. The largest absolute Gasteiger partial charge is 0.455 e. The van der Waals surface area contributed by atoms with Gasteiger partial charge in [0, 0.05) is 11.4 Å². The molecule has 2 aromatic rings. The number of carbonyl (C=O) groups is 3. The van der Waals surface area contributed by atoms with Gasteiger partial charge in [-0.2, -0.15) is 0 Å². The highest BCUT2D eigenvalue weighted by molar-refractivity contribution is 8.00. The van der Waals surface area contributed by atoms with Gasteiger partial charge in [0.25, 0.3) is 5.91 Å². The Hall–Kier alpha value is -2.80. The monoisotopic (exact) mass is 386 g/mol. The lowest BCUT2D eigenvalue weighted by Crippen LogP contribution is -2.22. The Bertz CT molecular complexity index is 806. The zero-order valence-corrected chi connectivity index (χ0v) is 16.1. The van der Waals surface area contributed by atoms with E-state index in [0.717, 1.165) is 22.9 Å². The van der Waals surface area contributed by atoms with E-state index in [1.54, 1.807) is 6.07 Å². The first-order chi connectivity index (χ1) is 12.9. The van der Waals surface area contributed by atoms with Crippen molar-refractivity contribution in [1.29, 1.82) is 0 Å². The van der Waals surface area contributed by atoms with E-state index in [-0.39, 0.29) is 24.0 Å². The molecular weight excluding hydrogens is 364 g/mol. The second-order valence-electron chi connectivity index (χ2n) is 5.93. The lowest BCUT2D eigenvalue weighted by molar-refractivity contribution is -0.144. The number of rotatable bonds is 8. The maximum atomic E-state index is 11.8. The summed E-state index contributed by atoms with van der Waals surface area (Å²) in [5.41, 5.74) is 3.42. The molecule has 27 heavy (non-hydrogen) atoms. The number of thioether (sulfide) groups is 1. The molecule has 0 radical (unpaired) electrons. The fourth-order valence-electron chi connectivity index (χ4n) is 2.15. The lowest BCUT2D eigenvalue weighted by Gasteiger charge is -2.09. The maximum Gasteiger partial charge on any atom is 0.316 e. The smallest absolute Gasteiger partial charge is 0.316 e. The lowest BCUT2D eigenvalue weighted by atomic mass is 10.2. The van der Waals surface area contributed by atoms with E-state index >= 15 is 0 Å². The van der Waals surface area contributed by atoms with Gasteiger partial charge in [0.2, 0.25) is 5.91 Å². The van der Waals surface area contributed by atoms with Gasteiger partial charge in [-0.25, -0.2) is 0 Å². The molecule has 0 atom stereocenters. The van der Waals surface area contributed by atoms with E-state index in [1.807, 2.05) is 56.3 Å². The summed E-state index contributed by atoms with van der Waals surface area (Å²) < 4.78 is 4.93. The molecule has 0 fully saturated rings. The van der Waals surface area contributed by atoms with Crippen molar-refractivity contribution >= 4 is 40.9 Å². The fourth-order valence-corrected chi connectivity index (χ4v) is 2.76. The Morgan fingerprint density at radius 3 is 2.30 bits per heavy atom. The summed E-state index contributed by atoms with van der Waals surface area (Å²) >= 11 is 1.13. The number of amides is 2. The van der Waals surface area contributed by atoms with Gasteiger partial charge in [-0.05, 0) is 37.6 Å². The third-order valence-corrected chi connectivity index (χ3v) is 4.48. The number of anilines is 2. The molecule has 2 aromatic carbocycles. The highest BCUT2D eigenvalue weighted by atomic mass is 32.2. The minimum atomic E-state index is -0.539. The molecule has 2 rings (SSSR count). The van der Waals surface area contributed by atoms with E-state index in [0.29, 0.717) is 11.4 Å². The minimum Gasteiger partial charge on any atom is -0.455 e. The molecule has 7 heteroatoms. The second kappa shape index (κ2) is 10.4. The van der Waals surface area contributed by atoms with Gasteiger partial charge in [0.05, 0.1) is 11.5 Å². The van der Waals surface area contributed by atoms with E-state index in [1.165, 1.54) is 0 Å². The molecule has 0 saturated carbocycles. The van der Waals surface area contributed by atoms with Crippen LogP contribution in [0.4, 0.5) is 11.4 Å². The standard InChI is InChI=1S/C20H22N2O4S/c1-14-7-9-16(10-8-14)21-19(24)12-27-13-20(25)26-11-18(23)22-17-6-4-3-5-15(17)2/h3-10H,11-13H2,1-2H3,(H,21,24)(H,22,23). The quantitative estimate of drug-likeness (QED) is 0.681. The summed E-state index contributed by atoms with van der Waals surface area (Å²) in [4.78, 5) is 35.3. The third-order valence-electron chi connectivity index (χ3n) is 3.57. The zero-order chi connectivity index (χ0) is 19.6. The molecule has 0 heterocycles. The summed E-state index contributed by atoms with van der Waals surface area (Å²) in [7, 11) is 0. The van der Waals surface area contributed by atoms with Gasteiger partial charge in [-0.1, -0.05) is 35.9 Å². The van der Waals surface area contributed by atoms with Crippen molar-refractivity contribution in [3.8, 4) is 0 Å². The van der Waals surface area contributed by atoms with Crippen LogP contribution in [-0.2, 0) is 19.1 Å². The number of esters is 1. The Kier molecular flexibility index (Phi) is 7.88. The predicted molar refractivity (Wildman–Crippen MR) is 108 cm³/mol. The van der Waals surface area contributed by atoms with Crippen molar-refractivity contribution < 1.29 is 19.1 Å². The number of aryl methyl sites for hydroxylation is 2. The number of hydrogen-bond donors (Lipinski definition) is 2. The molecule has 0 aromatic heterocycles. The zero-order valence-electron chi connectivity index (χ0n) is 15.3. The minimum absolute atomic E-state index is 0.00103. The Labute approximate surface area is 162 Å². The van der Waals surface area contributed by atoms with Crippen molar-refractivity contribution in [3.63, 3.8) is 0 Å². The van der Waals surface area contributed by atoms with Crippen molar-refractivity contribution in [2.75, 3.05) is 28.7 Å². The van der Waals surface area contributed by atoms with E-state index in [4.69, 9.17) is 4.74 Å². The number of para-hydroxylation sites is 1. The number of benzene rings is 2. The maximum absolute atomic E-state index is 11.8. The number of ether oxygens (including phenoxy) is 1. The molecule has 0 aliphatic heterocycles. The number of nitrogens with one attached hydrogen (secondary N) is 2. The van der Waals surface area contributed by atoms with Crippen LogP contribution in [0.15, 0.2) is 48.5 Å². The van der Waals surface area contributed by atoms with Crippen LogP contribution in [0.5, 0.6) is 0 Å². The predicted octanol–water partition coefficient (Wildman–Crippen LogP) is 3.16. The first-order valence-corrected chi connectivity index (χ1v) is 9.55. The van der Waals surface area contributed by atoms with Crippen LogP contribution in [0.3, 0.4) is 0 Å². The van der Waals surface area contributed by atoms with Crippen LogP contribution in [0, 0.1) is 13.8 Å². The van der Waals surface area contributed by atoms with E-state index in [9.17, 15) is 14.4 Å². The molecule has 0 aliphatic rings. The highest BCUT2D eigenvalue weighted by Gasteiger charge is 2.10. The van der Waals surface area contributed by atoms with Crippen LogP contribution >= 0.6 is 11.8 Å². The van der Waals surface area contributed by atoms with Crippen molar-refractivity contribution in [2.45, 2.75) is 13.8 Å². The normalized spacial score (nSPS) is 10.1. The molecule has 6 nitrogen and oxygen atoms in total. The SMILES string of the molecule is Cc1ccc(NC(=O)CSCC(=O)OCC(=O)Nc2ccccc2C)cc1. The topological polar surface area (TPSA) is 84.5 Å². The van der Waals surface area contributed by atoms with Crippen molar-refractivity contribution in [3.05, 3.63) is 59.7 Å². The summed E-state index contributed by atoms with van der Waals surface area (Å²) in [6, 6.07) is 14.8. The first-order valence-electron chi connectivity index (χ1n) is 8.39. The summed E-state index contributed by atoms with van der Waals surface area (Å²) in [5, 5.41) is 5.43. The van der Waals surface area contributed by atoms with Crippen molar-refractivity contribution in [1.82, 2.24) is 0 Å². The second-order valence-corrected chi connectivity index (χ2v) is 6.92. The van der Waals surface area contributed by atoms with Crippen LogP contribution < -0.4 is 10.6 Å². The van der Waals surface area contributed by atoms with Gasteiger partial charge in [0.1, 0.15) is 0 Å². The van der Waals surface area contributed by atoms with Crippen LogP contribution in [0.1, 0.15) is 11.1 Å². The molecule has 0 bridgehead atoms. The third kappa shape index (κ3) is 7.53. The Morgan fingerprint density at radius 1 is 0.889 bits per heavy atom. The Morgan fingerprint density at radius 2 is 1.59 bits per heavy atom. The van der Waals surface area contributed by atoms with Crippen LogP contribution in [0.2, 0.25) is 0 Å². The highest BCUT2D eigenvalue weighted by Crippen LogP contribution is 2.13. The molecule has 0 spiro atoms. The van der Waals surface area contributed by atoms with Gasteiger partial charge >= 0.3 is 5.97 Å². The fraction of sp³-hybridized carbons (Fsp3) is 0.250. The summed E-state index contributed by atoms with van der Waals surface area (Å²) in [5.74, 6) is -1.02. The van der Waals surface area contributed by atoms with Gasteiger partial charge in [-0.15, -0.1) is 11.8 Å². The number of hydrogen-bond acceptors (Lipinski definition) is 5. The summed E-state index contributed by atoms with van der Waals surface area (Å²) in [6.45, 7) is 3.48. The first kappa shape index (κ1) is 20.5. The van der Waals surface area contributed by atoms with Gasteiger partial charge in [-0.3, -0.25) is 14.4 Å². The summed E-state index contributed by atoms with van der Waals surface area (Å²) in [6.07, 6.45) is 0. The molecule has 0 unspecified atom stereocenters. The molecule has 0 saturated heterocycles. The van der Waals surface area contributed by atoms with Crippen LogP contribution in [0.25, 0.3) is 0 Å². The van der Waals surface area contributed by atoms with E-state index < -0.39 is 11.9 Å². The molecule has 0 aliphatic carbocycles. The average molecular weight is 386 g/mol. The van der Waals surface area contributed by atoms with Gasteiger partial charge in [0.15, 0.2) is 6.61 Å². The molecule has 142 valence electrons.